The highest BCUT2D eigenvalue weighted by molar-refractivity contribution is 5.95. The number of hydrogen-bond acceptors (Lipinski definition) is 3. The Hall–Kier alpha value is -2.37. The summed E-state index contributed by atoms with van der Waals surface area (Å²) in [5, 5.41) is 2.75. The Morgan fingerprint density at radius 2 is 2.05 bits per heavy atom. The van der Waals surface area contributed by atoms with Crippen LogP contribution >= 0.6 is 0 Å². The van der Waals surface area contributed by atoms with E-state index in [9.17, 15) is 9.59 Å². The normalized spacial score (nSPS) is 10.6. The molecule has 0 fully saturated rings. The monoisotopic (exact) mass is 274 g/mol. The van der Waals surface area contributed by atoms with Crippen LogP contribution in [0.5, 0.6) is 0 Å². The van der Waals surface area contributed by atoms with Gasteiger partial charge in [0, 0.05) is 31.1 Å². The first-order chi connectivity index (χ1) is 9.50. The lowest BCUT2D eigenvalue weighted by Gasteiger charge is -2.10. The molecule has 2 heterocycles. The van der Waals surface area contributed by atoms with Crippen molar-refractivity contribution in [1.29, 1.82) is 0 Å². The molecule has 20 heavy (non-hydrogen) atoms. The van der Waals surface area contributed by atoms with Gasteiger partial charge in [0.15, 0.2) is 0 Å². The molecule has 1 amide bonds. The van der Waals surface area contributed by atoms with Crippen LogP contribution in [0.1, 0.15) is 33.0 Å². The third-order valence-electron chi connectivity index (χ3n) is 3.46. The van der Waals surface area contributed by atoms with Crippen LogP contribution in [0.25, 0.3) is 0 Å². The van der Waals surface area contributed by atoms with Crippen LogP contribution in [-0.4, -0.2) is 27.4 Å². The van der Waals surface area contributed by atoms with E-state index in [4.69, 9.17) is 0 Å². The minimum absolute atomic E-state index is 0.188. The molecule has 0 saturated carbocycles. The SMILES string of the molecule is Cc1[nH]c(=O)c(C(=O)NCCc2ncc[nH]2)c(C)c1C. The largest absolute Gasteiger partial charge is 0.351 e. The number of carbonyl (C=O) groups excluding carboxylic acids is 1. The zero-order valence-corrected chi connectivity index (χ0v) is 11.8. The first-order valence-corrected chi connectivity index (χ1v) is 6.47. The lowest BCUT2D eigenvalue weighted by molar-refractivity contribution is 0.0951. The quantitative estimate of drug-likeness (QED) is 0.776. The Kier molecular flexibility index (Phi) is 4.02. The molecule has 0 saturated heterocycles. The standard InChI is InChI=1S/C14H18N4O2/c1-8-9(2)12(14(20)18-10(8)3)13(19)17-5-4-11-15-6-7-16-11/h6-7H,4-5H2,1-3H3,(H,15,16)(H,17,19)(H,18,20). The van der Waals surface area contributed by atoms with Gasteiger partial charge in [0.2, 0.25) is 0 Å². The van der Waals surface area contributed by atoms with Crippen molar-refractivity contribution in [2.24, 2.45) is 0 Å². The number of H-pyrrole nitrogens is 2. The Morgan fingerprint density at radius 3 is 2.70 bits per heavy atom. The average molecular weight is 274 g/mol. The molecular weight excluding hydrogens is 256 g/mol. The van der Waals surface area contributed by atoms with Crippen LogP contribution in [0, 0.1) is 20.8 Å². The number of hydrogen-bond donors (Lipinski definition) is 3. The molecule has 0 aromatic carbocycles. The number of pyridine rings is 1. The first-order valence-electron chi connectivity index (χ1n) is 6.47. The van der Waals surface area contributed by atoms with E-state index < -0.39 is 0 Å². The zero-order valence-electron chi connectivity index (χ0n) is 11.8. The zero-order chi connectivity index (χ0) is 14.7. The lowest BCUT2D eigenvalue weighted by Crippen LogP contribution is -2.33. The summed E-state index contributed by atoms with van der Waals surface area (Å²) in [5.74, 6) is 0.453. The van der Waals surface area contributed by atoms with Crippen molar-refractivity contribution in [2.45, 2.75) is 27.2 Å². The second-order valence-corrected chi connectivity index (χ2v) is 4.75. The molecule has 0 aliphatic heterocycles. The maximum Gasteiger partial charge on any atom is 0.261 e. The molecule has 2 aromatic heterocycles. The van der Waals surface area contributed by atoms with Crippen molar-refractivity contribution in [1.82, 2.24) is 20.3 Å². The summed E-state index contributed by atoms with van der Waals surface area (Å²) in [7, 11) is 0. The fourth-order valence-electron chi connectivity index (χ4n) is 2.06. The molecule has 3 N–H and O–H groups in total. The van der Waals surface area contributed by atoms with E-state index >= 15 is 0 Å². The van der Waals surface area contributed by atoms with Crippen molar-refractivity contribution >= 4 is 5.91 Å². The smallest absolute Gasteiger partial charge is 0.261 e. The Morgan fingerprint density at radius 1 is 1.30 bits per heavy atom. The van der Waals surface area contributed by atoms with E-state index in [-0.39, 0.29) is 17.0 Å². The van der Waals surface area contributed by atoms with Crippen molar-refractivity contribution in [3.8, 4) is 0 Å². The van der Waals surface area contributed by atoms with Crippen molar-refractivity contribution in [3.63, 3.8) is 0 Å². The summed E-state index contributed by atoms with van der Waals surface area (Å²) in [6.45, 7) is 5.93. The second-order valence-electron chi connectivity index (χ2n) is 4.75. The summed E-state index contributed by atoms with van der Waals surface area (Å²) in [4.78, 5) is 33.8. The highest BCUT2D eigenvalue weighted by atomic mass is 16.2. The first kappa shape index (κ1) is 14.0. The average Bonchev–Trinajstić information content (AvgIpc) is 2.89. The summed E-state index contributed by atoms with van der Waals surface area (Å²) in [5.41, 5.74) is 2.29. The number of nitrogens with zero attached hydrogens (tertiary/aromatic N) is 1. The van der Waals surface area contributed by atoms with Gasteiger partial charge in [-0.3, -0.25) is 9.59 Å². The van der Waals surface area contributed by atoms with E-state index in [0.29, 0.717) is 13.0 Å². The van der Waals surface area contributed by atoms with Gasteiger partial charge < -0.3 is 15.3 Å². The molecule has 2 aromatic rings. The van der Waals surface area contributed by atoms with Crippen molar-refractivity contribution in [2.75, 3.05) is 6.54 Å². The summed E-state index contributed by atoms with van der Waals surface area (Å²) in [6, 6.07) is 0. The Bertz CT molecular complexity index is 671. The minimum Gasteiger partial charge on any atom is -0.351 e. The highest BCUT2D eigenvalue weighted by Gasteiger charge is 2.16. The van der Waals surface area contributed by atoms with Gasteiger partial charge in [0.25, 0.3) is 11.5 Å². The molecular formula is C14H18N4O2. The van der Waals surface area contributed by atoms with Gasteiger partial charge in [0.05, 0.1) is 0 Å². The molecule has 0 aliphatic rings. The lowest BCUT2D eigenvalue weighted by atomic mass is 10.0. The molecule has 0 atom stereocenters. The number of rotatable bonds is 4. The molecule has 106 valence electrons. The third kappa shape index (κ3) is 2.79. The number of aryl methyl sites for hydroxylation is 1. The van der Waals surface area contributed by atoms with E-state index in [1.165, 1.54) is 0 Å². The highest BCUT2D eigenvalue weighted by Crippen LogP contribution is 2.11. The Balaban J connectivity index is 2.10. The number of amides is 1. The van der Waals surface area contributed by atoms with Crippen LogP contribution in [-0.2, 0) is 6.42 Å². The second kappa shape index (κ2) is 5.73. The van der Waals surface area contributed by atoms with Crippen molar-refractivity contribution in [3.05, 3.63) is 51.0 Å². The number of aromatic amines is 2. The number of nitrogens with one attached hydrogen (secondary N) is 3. The van der Waals surface area contributed by atoms with Crippen LogP contribution in [0.15, 0.2) is 17.2 Å². The third-order valence-corrected chi connectivity index (χ3v) is 3.46. The predicted octanol–water partition coefficient (Wildman–Crippen LogP) is 0.996. The van der Waals surface area contributed by atoms with E-state index in [0.717, 1.165) is 22.6 Å². The summed E-state index contributed by atoms with van der Waals surface area (Å²) in [6.07, 6.45) is 3.99. The maximum absolute atomic E-state index is 12.1. The maximum atomic E-state index is 12.1. The van der Waals surface area contributed by atoms with Gasteiger partial charge >= 0.3 is 0 Å². The van der Waals surface area contributed by atoms with Crippen LogP contribution in [0.4, 0.5) is 0 Å². The number of aromatic nitrogens is 3. The predicted molar refractivity (Wildman–Crippen MR) is 75.9 cm³/mol. The van der Waals surface area contributed by atoms with Gasteiger partial charge in [-0.05, 0) is 31.9 Å². The molecule has 0 bridgehead atoms. The van der Waals surface area contributed by atoms with E-state index in [2.05, 4.69) is 20.3 Å². The molecule has 6 heteroatoms. The van der Waals surface area contributed by atoms with Crippen molar-refractivity contribution < 1.29 is 4.79 Å². The van der Waals surface area contributed by atoms with Gasteiger partial charge in [0.1, 0.15) is 11.4 Å². The van der Waals surface area contributed by atoms with Gasteiger partial charge in [-0.1, -0.05) is 0 Å². The number of imidazole rings is 1. The topological polar surface area (TPSA) is 90.6 Å². The fourth-order valence-corrected chi connectivity index (χ4v) is 2.06. The molecule has 0 spiro atoms. The van der Waals surface area contributed by atoms with E-state index in [1.807, 2.05) is 13.8 Å². The summed E-state index contributed by atoms with van der Waals surface area (Å²) < 4.78 is 0. The van der Waals surface area contributed by atoms with Gasteiger partial charge in [-0.15, -0.1) is 0 Å². The van der Waals surface area contributed by atoms with Crippen LogP contribution in [0.3, 0.4) is 0 Å². The molecule has 6 nitrogen and oxygen atoms in total. The van der Waals surface area contributed by atoms with Crippen LogP contribution < -0.4 is 10.9 Å². The van der Waals surface area contributed by atoms with Crippen LogP contribution in [0.2, 0.25) is 0 Å². The fraction of sp³-hybridized carbons (Fsp3) is 0.357. The van der Waals surface area contributed by atoms with Gasteiger partial charge in [-0.25, -0.2) is 4.98 Å². The van der Waals surface area contributed by atoms with E-state index in [1.54, 1.807) is 19.3 Å². The molecule has 0 radical (unpaired) electrons. The molecule has 0 aliphatic carbocycles. The number of carbonyl (C=O) groups is 1. The molecule has 2 rings (SSSR count). The Labute approximate surface area is 116 Å². The molecule has 0 unspecified atom stereocenters. The summed E-state index contributed by atoms with van der Waals surface area (Å²) >= 11 is 0. The minimum atomic E-state index is -0.349. The van der Waals surface area contributed by atoms with Gasteiger partial charge in [-0.2, -0.15) is 0 Å².